The van der Waals surface area contributed by atoms with Crippen molar-refractivity contribution >= 4 is 27.3 Å². The van der Waals surface area contributed by atoms with E-state index in [1.54, 1.807) is 24.1 Å². The van der Waals surface area contributed by atoms with Gasteiger partial charge in [0.15, 0.2) is 9.84 Å². The van der Waals surface area contributed by atoms with Crippen molar-refractivity contribution < 1.29 is 17.9 Å². The summed E-state index contributed by atoms with van der Waals surface area (Å²) in [6.45, 7) is 2.34. The number of ether oxygens (including phenoxy) is 1. The lowest BCUT2D eigenvalue weighted by atomic mass is 10.2. The first-order chi connectivity index (χ1) is 10.8. The molecule has 0 spiro atoms. The predicted molar refractivity (Wildman–Crippen MR) is 90.7 cm³/mol. The molecule has 0 radical (unpaired) electrons. The van der Waals surface area contributed by atoms with Crippen LogP contribution in [0.3, 0.4) is 0 Å². The largest absolute Gasteiger partial charge is 0.494 e. The average Bonchev–Trinajstić information content (AvgIpc) is 2.86. The Balaban J connectivity index is 1.73. The Labute approximate surface area is 142 Å². The van der Waals surface area contributed by atoms with Crippen LogP contribution < -0.4 is 4.74 Å². The van der Waals surface area contributed by atoms with Gasteiger partial charge in [0, 0.05) is 24.5 Å². The molecule has 1 heterocycles. The zero-order valence-corrected chi connectivity index (χ0v) is 15.0. The molecule has 23 heavy (non-hydrogen) atoms. The van der Waals surface area contributed by atoms with Crippen LogP contribution in [0.1, 0.15) is 24.8 Å². The highest BCUT2D eigenvalue weighted by molar-refractivity contribution is 7.91. The molecule has 0 aliphatic carbocycles. The summed E-state index contributed by atoms with van der Waals surface area (Å²) in [5, 5.41) is 0.695. The van der Waals surface area contributed by atoms with Crippen molar-refractivity contribution in [1.82, 2.24) is 4.90 Å². The van der Waals surface area contributed by atoms with E-state index in [-0.39, 0.29) is 23.5 Å². The third-order valence-corrected chi connectivity index (χ3v) is 6.26. The van der Waals surface area contributed by atoms with Crippen LogP contribution in [0, 0.1) is 6.92 Å². The maximum atomic E-state index is 12.1. The molecule has 1 aromatic carbocycles. The Morgan fingerprint density at radius 2 is 2.17 bits per heavy atom. The summed E-state index contributed by atoms with van der Waals surface area (Å²) < 4.78 is 28.5. The number of carbonyl (C=O) groups is 1. The molecular formula is C16H22ClNO4S. The van der Waals surface area contributed by atoms with E-state index >= 15 is 0 Å². The van der Waals surface area contributed by atoms with Crippen LogP contribution in [0.25, 0.3) is 0 Å². The minimum Gasteiger partial charge on any atom is -0.494 e. The molecule has 0 N–H and O–H groups in total. The second-order valence-electron chi connectivity index (χ2n) is 5.92. The zero-order chi connectivity index (χ0) is 17.0. The number of amides is 1. The molecule has 7 heteroatoms. The van der Waals surface area contributed by atoms with Gasteiger partial charge >= 0.3 is 0 Å². The molecule has 5 nitrogen and oxygen atoms in total. The predicted octanol–water partition coefficient (Wildman–Crippen LogP) is 2.45. The first kappa shape index (κ1) is 18.1. The van der Waals surface area contributed by atoms with Gasteiger partial charge in [0.1, 0.15) is 5.75 Å². The summed E-state index contributed by atoms with van der Waals surface area (Å²) in [6.07, 6.45) is 1.47. The van der Waals surface area contributed by atoms with Gasteiger partial charge in [-0.1, -0.05) is 11.6 Å². The second kappa shape index (κ2) is 7.53. The van der Waals surface area contributed by atoms with Crippen LogP contribution in [0.4, 0.5) is 0 Å². The van der Waals surface area contributed by atoms with Gasteiger partial charge in [-0.2, -0.15) is 0 Å². The standard InChI is InChI=1S/C16H22ClNO4S/c1-12-10-14(5-6-15(12)17)22-8-3-4-16(19)18(2)13-7-9-23(20,21)11-13/h5-6,10,13H,3-4,7-9,11H2,1-2H3. The van der Waals surface area contributed by atoms with Crippen molar-refractivity contribution in [3.63, 3.8) is 0 Å². The van der Waals surface area contributed by atoms with Crippen molar-refractivity contribution in [1.29, 1.82) is 0 Å². The van der Waals surface area contributed by atoms with E-state index in [0.29, 0.717) is 30.9 Å². The molecule has 128 valence electrons. The van der Waals surface area contributed by atoms with Crippen molar-refractivity contribution in [2.45, 2.75) is 32.2 Å². The fraction of sp³-hybridized carbons (Fsp3) is 0.562. The van der Waals surface area contributed by atoms with Crippen molar-refractivity contribution in [2.24, 2.45) is 0 Å². The lowest BCUT2D eigenvalue weighted by Crippen LogP contribution is -2.37. The van der Waals surface area contributed by atoms with Crippen molar-refractivity contribution in [3.05, 3.63) is 28.8 Å². The van der Waals surface area contributed by atoms with E-state index in [1.807, 2.05) is 13.0 Å². The van der Waals surface area contributed by atoms with Gasteiger partial charge < -0.3 is 9.64 Å². The molecule has 1 amide bonds. The summed E-state index contributed by atoms with van der Waals surface area (Å²) in [6, 6.07) is 5.25. The van der Waals surface area contributed by atoms with Crippen LogP contribution in [0.15, 0.2) is 18.2 Å². The number of halogens is 1. The van der Waals surface area contributed by atoms with Gasteiger partial charge in [-0.15, -0.1) is 0 Å². The molecule has 2 rings (SSSR count). The summed E-state index contributed by atoms with van der Waals surface area (Å²) in [4.78, 5) is 13.7. The second-order valence-corrected chi connectivity index (χ2v) is 8.56. The number of benzene rings is 1. The molecule has 1 unspecified atom stereocenters. The van der Waals surface area contributed by atoms with E-state index in [4.69, 9.17) is 16.3 Å². The van der Waals surface area contributed by atoms with Crippen molar-refractivity contribution in [2.75, 3.05) is 25.2 Å². The fourth-order valence-corrected chi connectivity index (χ4v) is 4.47. The van der Waals surface area contributed by atoms with E-state index in [9.17, 15) is 13.2 Å². The third kappa shape index (κ3) is 5.11. The summed E-state index contributed by atoms with van der Waals surface area (Å²) in [7, 11) is -1.29. The highest BCUT2D eigenvalue weighted by Crippen LogP contribution is 2.21. The highest BCUT2D eigenvalue weighted by Gasteiger charge is 2.32. The average molecular weight is 360 g/mol. The Bertz CT molecular complexity index is 675. The number of rotatable bonds is 6. The summed E-state index contributed by atoms with van der Waals surface area (Å²) in [5.74, 6) is 0.946. The molecule has 1 fully saturated rings. The molecule has 0 aromatic heterocycles. The van der Waals surface area contributed by atoms with E-state index in [2.05, 4.69) is 0 Å². The Kier molecular flexibility index (Phi) is 5.92. The molecule has 1 aliphatic rings. The fourth-order valence-electron chi connectivity index (χ4n) is 2.58. The Morgan fingerprint density at radius 3 is 2.78 bits per heavy atom. The van der Waals surface area contributed by atoms with E-state index in [0.717, 1.165) is 11.3 Å². The maximum Gasteiger partial charge on any atom is 0.222 e. The van der Waals surface area contributed by atoms with Crippen molar-refractivity contribution in [3.8, 4) is 5.75 Å². The summed E-state index contributed by atoms with van der Waals surface area (Å²) >= 11 is 5.95. The molecule has 0 saturated carbocycles. The number of sulfone groups is 1. The zero-order valence-electron chi connectivity index (χ0n) is 13.4. The number of nitrogens with zero attached hydrogens (tertiary/aromatic N) is 1. The monoisotopic (exact) mass is 359 g/mol. The quantitative estimate of drug-likeness (QED) is 0.732. The SMILES string of the molecule is Cc1cc(OCCCC(=O)N(C)C2CCS(=O)(=O)C2)ccc1Cl. The maximum absolute atomic E-state index is 12.1. The highest BCUT2D eigenvalue weighted by atomic mass is 35.5. The smallest absolute Gasteiger partial charge is 0.222 e. The lowest BCUT2D eigenvalue weighted by molar-refractivity contribution is -0.131. The molecule has 1 saturated heterocycles. The normalized spacial score (nSPS) is 19.5. The van der Waals surface area contributed by atoms with Gasteiger partial charge in [0.05, 0.1) is 18.1 Å². The molecular weight excluding hydrogens is 338 g/mol. The third-order valence-electron chi connectivity index (χ3n) is 4.08. The minimum absolute atomic E-state index is 0.0389. The first-order valence-electron chi connectivity index (χ1n) is 7.63. The van der Waals surface area contributed by atoms with Crippen LogP contribution in [0.5, 0.6) is 5.75 Å². The lowest BCUT2D eigenvalue weighted by Gasteiger charge is -2.23. The number of aryl methyl sites for hydroxylation is 1. The minimum atomic E-state index is -2.97. The van der Waals surface area contributed by atoms with Gasteiger partial charge in [-0.3, -0.25) is 4.79 Å². The van der Waals surface area contributed by atoms with E-state index < -0.39 is 9.84 Å². The number of hydrogen-bond donors (Lipinski definition) is 0. The van der Waals surface area contributed by atoms with Gasteiger partial charge in [-0.05, 0) is 43.5 Å². The van der Waals surface area contributed by atoms with Gasteiger partial charge in [0.25, 0.3) is 0 Å². The van der Waals surface area contributed by atoms with Crippen LogP contribution in [0.2, 0.25) is 5.02 Å². The molecule has 1 aromatic rings. The van der Waals surface area contributed by atoms with Gasteiger partial charge in [-0.25, -0.2) is 8.42 Å². The first-order valence-corrected chi connectivity index (χ1v) is 9.83. The molecule has 1 atom stereocenters. The molecule has 0 bridgehead atoms. The number of hydrogen-bond acceptors (Lipinski definition) is 4. The summed E-state index contributed by atoms with van der Waals surface area (Å²) in [5.41, 5.74) is 0.947. The topological polar surface area (TPSA) is 63.7 Å². The molecule has 1 aliphatic heterocycles. The van der Waals surface area contributed by atoms with Crippen LogP contribution >= 0.6 is 11.6 Å². The van der Waals surface area contributed by atoms with Gasteiger partial charge in [0.2, 0.25) is 5.91 Å². The Morgan fingerprint density at radius 1 is 1.43 bits per heavy atom. The number of carbonyl (C=O) groups excluding carboxylic acids is 1. The van der Waals surface area contributed by atoms with Crippen LogP contribution in [-0.4, -0.2) is 50.4 Å². The van der Waals surface area contributed by atoms with Crippen LogP contribution in [-0.2, 0) is 14.6 Å². The van der Waals surface area contributed by atoms with E-state index in [1.165, 1.54) is 0 Å². The Hall–Kier alpha value is -1.27.